The molecule has 0 bridgehead atoms. The molecule has 2 N–H and O–H groups in total. The van der Waals surface area contributed by atoms with Crippen molar-refractivity contribution in [2.24, 2.45) is 0 Å². The third-order valence-electron chi connectivity index (χ3n) is 4.25. The SMILES string of the molecule is Cc1ccn(-c2ccc(NCCNS(=O)(=O)c3ccc(-n4cccn4)cc3)nn2)n1. The van der Waals surface area contributed by atoms with Crippen molar-refractivity contribution in [1.29, 1.82) is 0 Å². The number of aromatic nitrogens is 6. The van der Waals surface area contributed by atoms with Crippen molar-refractivity contribution >= 4 is 15.8 Å². The Kier molecular flexibility index (Phi) is 5.55. The van der Waals surface area contributed by atoms with Gasteiger partial charge in [-0.2, -0.15) is 10.2 Å². The average molecular weight is 424 g/mol. The van der Waals surface area contributed by atoms with Crippen LogP contribution in [0.3, 0.4) is 0 Å². The minimum absolute atomic E-state index is 0.192. The fourth-order valence-corrected chi connectivity index (χ4v) is 3.78. The van der Waals surface area contributed by atoms with Crippen molar-refractivity contribution in [1.82, 2.24) is 34.5 Å². The number of aryl methyl sites for hydroxylation is 1. The summed E-state index contributed by atoms with van der Waals surface area (Å²) in [5, 5.41) is 19.6. The Labute approximate surface area is 173 Å². The third kappa shape index (κ3) is 4.53. The Morgan fingerprint density at radius 2 is 1.77 bits per heavy atom. The van der Waals surface area contributed by atoms with Crippen LogP contribution in [0.15, 0.2) is 72.0 Å². The smallest absolute Gasteiger partial charge is 0.240 e. The fraction of sp³-hybridized carbons (Fsp3) is 0.158. The van der Waals surface area contributed by atoms with E-state index in [0.717, 1.165) is 11.4 Å². The van der Waals surface area contributed by atoms with Crippen LogP contribution in [0.2, 0.25) is 0 Å². The molecule has 0 fully saturated rings. The highest BCUT2D eigenvalue weighted by atomic mass is 32.2. The minimum atomic E-state index is -3.61. The summed E-state index contributed by atoms with van der Waals surface area (Å²) in [4.78, 5) is 0.192. The summed E-state index contributed by atoms with van der Waals surface area (Å²) < 4.78 is 30.8. The topological polar surface area (TPSA) is 120 Å². The van der Waals surface area contributed by atoms with Crippen molar-refractivity contribution in [2.45, 2.75) is 11.8 Å². The first-order valence-corrected chi connectivity index (χ1v) is 10.7. The molecule has 154 valence electrons. The number of rotatable bonds is 8. The van der Waals surface area contributed by atoms with E-state index < -0.39 is 10.0 Å². The van der Waals surface area contributed by atoms with Gasteiger partial charge in [0.15, 0.2) is 5.82 Å². The number of benzene rings is 1. The van der Waals surface area contributed by atoms with Crippen LogP contribution in [-0.2, 0) is 10.0 Å². The van der Waals surface area contributed by atoms with Gasteiger partial charge in [0.05, 0.1) is 16.3 Å². The van der Waals surface area contributed by atoms with Crippen LogP contribution in [0.4, 0.5) is 5.82 Å². The molecule has 30 heavy (non-hydrogen) atoms. The van der Waals surface area contributed by atoms with Gasteiger partial charge in [0.1, 0.15) is 5.82 Å². The van der Waals surface area contributed by atoms with E-state index in [2.05, 4.69) is 30.4 Å². The Balaban J connectivity index is 1.29. The number of nitrogens with one attached hydrogen (secondary N) is 2. The predicted molar refractivity (Wildman–Crippen MR) is 111 cm³/mol. The van der Waals surface area contributed by atoms with Gasteiger partial charge in [-0.15, -0.1) is 10.2 Å². The molecule has 0 saturated heterocycles. The lowest BCUT2D eigenvalue weighted by molar-refractivity contribution is 0.583. The zero-order chi connectivity index (χ0) is 21.0. The highest BCUT2D eigenvalue weighted by Crippen LogP contribution is 2.13. The van der Waals surface area contributed by atoms with Gasteiger partial charge in [0, 0.05) is 31.7 Å². The molecule has 0 spiro atoms. The Bertz CT molecular complexity index is 1200. The lowest BCUT2D eigenvalue weighted by Gasteiger charge is -2.09. The van der Waals surface area contributed by atoms with E-state index in [1.54, 1.807) is 64.2 Å². The summed E-state index contributed by atoms with van der Waals surface area (Å²) in [7, 11) is -3.61. The molecule has 0 amide bonds. The summed E-state index contributed by atoms with van der Waals surface area (Å²) in [6.45, 7) is 2.46. The zero-order valence-corrected chi connectivity index (χ0v) is 17.0. The molecule has 3 aromatic heterocycles. The van der Waals surface area contributed by atoms with Crippen LogP contribution in [0.25, 0.3) is 11.5 Å². The van der Waals surface area contributed by atoms with Crippen molar-refractivity contribution in [3.8, 4) is 11.5 Å². The van der Waals surface area contributed by atoms with E-state index in [4.69, 9.17) is 0 Å². The molecule has 10 nitrogen and oxygen atoms in total. The monoisotopic (exact) mass is 424 g/mol. The molecule has 4 rings (SSSR count). The molecule has 0 radical (unpaired) electrons. The van der Waals surface area contributed by atoms with Gasteiger partial charge in [-0.25, -0.2) is 22.5 Å². The van der Waals surface area contributed by atoms with Crippen LogP contribution in [0.1, 0.15) is 5.69 Å². The molecule has 0 aliphatic carbocycles. The lowest BCUT2D eigenvalue weighted by atomic mass is 10.3. The molecule has 3 heterocycles. The second-order valence-electron chi connectivity index (χ2n) is 6.45. The number of anilines is 1. The molecule has 0 aliphatic rings. The number of hydrogen-bond donors (Lipinski definition) is 2. The zero-order valence-electron chi connectivity index (χ0n) is 16.2. The first-order valence-electron chi connectivity index (χ1n) is 9.21. The van der Waals surface area contributed by atoms with Gasteiger partial charge in [-0.1, -0.05) is 0 Å². The van der Waals surface area contributed by atoms with Gasteiger partial charge in [0.25, 0.3) is 0 Å². The summed E-state index contributed by atoms with van der Waals surface area (Å²) in [6, 6.07) is 13.7. The predicted octanol–water partition coefficient (Wildman–Crippen LogP) is 1.55. The maximum atomic E-state index is 12.4. The van der Waals surface area contributed by atoms with Crippen molar-refractivity contribution in [2.75, 3.05) is 18.4 Å². The maximum absolute atomic E-state index is 12.4. The van der Waals surface area contributed by atoms with Gasteiger partial charge >= 0.3 is 0 Å². The van der Waals surface area contributed by atoms with Crippen molar-refractivity contribution < 1.29 is 8.42 Å². The molecular weight excluding hydrogens is 404 g/mol. The summed E-state index contributed by atoms with van der Waals surface area (Å²) in [5.74, 6) is 1.15. The third-order valence-corrected chi connectivity index (χ3v) is 5.72. The molecular formula is C19H20N8O2S. The largest absolute Gasteiger partial charge is 0.367 e. The molecule has 0 saturated carbocycles. The van der Waals surface area contributed by atoms with Crippen LogP contribution in [0.5, 0.6) is 0 Å². The van der Waals surface area contributed by atoms with Gasteiger partial charge in [-0.3, -0.25) is 0 Å². The molecule has 11 heteroatoms. The Hall–Kier alpha value is -3.57. The molecule has 1 aromatic carbocycles. The Morgan fingerprint density at radius 1 is 0.933 bits per heavy atom. The fourth-order valence-electron chi connectivity index (χ4n) is 2.74. The molecule has 0 aliphatic heterocycles. The summed E-state index contributed by atoms with van der Waals surface area (Å²) >= 11 is 0. The standard InChI is InChI=1S/C19H20N8O2S/c1-15-9-14-27(25-15)19-8-7-18(23-24-19)20-11-12-22-30(28,29)17-5-3-16(4-6-17)26-13-2-10-21-26/h2-10,13-14,22H,11-12H2,1H3,(H,20,23). The second-order valence-corrected chi connectivity index (χ2v) is 8.21. The quantitative estimate of drug-likeness (QED) is 0.412. The van der Waals surface area contributed by atoms with E-state index in [9.17, 15) is 8.42 Å². The van der Waals surface area contributed by atoms with E-state index in [0.29, 0.717) is 18.2 Å². The van der Waals surface area contributed by atoms with Crippen LogP contribution in [-0.4, -0.2) is 51.3 Å². The molecule has 0 atom stereocenters. The number of sulfonamides is 1. The van der Waals surface area contributed by atoms with Crippen LogP contribution in [0, 0.1) is 6.92 Å². The van der Waals surface area contributed by atoms with Crippen LogP contribution >= 0.6 is 0 Å². The van der Waals surface area contributed by atoms with E-state index >= 15 is 0 Å². The van der Waals surface area contributed by atoms with Crippen molar-refractivity contribution in [3.05, 3.63) is 72.8 Å². The normalized spacial score (nSPS) is 11.5. The average Bonchev–Trinajstić information content (AvgIpc) is 3.44. The lowest BCUT2D eigenvalue weighted by Crippen LogP contribution is -2.29. The number of nitrogens with zero attached hydrogens (tertiary/aromatic N) is 6. The number of hydrogen-bond acceptors (Lipinski definition) is 7. The molecule has 0 unspecified atom stereocenters. The van der Waals surface area contributed by atoms with Gasteiger partial charge < -0.3 is 5.32 Å². The Morgan fingerprint density at radius 3 is 2.40 bits per heavy atom. The van der Waals surface area contributed by atoms with Crippen molar-refractivity contribution in [3.63, 3.8) is 0 Å². The maximum Gasteiger partial charge on any atom is 0.240 e. The van der Waals surface area contributed by atoms with E-state index in [1.165, 1.54) is 0 Å². The van der Waals surface area contributed by atoms with Crippen LogP contribution < -0.4 is 10.0 Å². The van der Waals surface area contributed by atoms with Gasteiger partial charge in [0.2, 0.25) is 10.0 Å². The highest BCUT2D eigenvalue weighted by molar-refractivity contribution is 7.89. The minimum Gasteiger partial charge on any atom is -0.367 e. The first-order chi connectivity index (χ1) is 14.5. The first kappa shape index (κ1) is 19.7. The summed E-state index contributed by atoms with van der Waals surface area (Å²) in [5.41, 5.74) is 1.68. The van der Waals surface area contributed by atoms with E-state index in [1.807, 2.05) is 19.2 Å². The second kappa shape index (κ2) is 8.43. The molecule has 4 aromatic rings. The highest BCUT2D eigenvalue weighted by Gasteiger charge is 2.13. The van der Waals surface area contributed by atoms with Gasteiger partial charge in [-0.05, 0) is 55.5 Å². The van der Waals surface area contributed by atoms with E-state index in [-0.39, 0.29) is 11.4 Å². The summed E-state index contributed by atoms with van der Waals surface area (Å²) in [6.07, 6.45) is 5.26.